The van der Waals surface area contributed by atoms with Crippen LogP contribution in [0.4, 0.5) is 0 Å². The topological polar surface area (TPSA) is 61.0 Å². The molecule has 2 fully saturated rings. The van der Waals surface area contributed by atoms with Gasteiger partial charge in [0.25, 0.3) is 0 Å². The molecule has 4 heterocycles. The zero-order valence-electron chi connectivity index (χ0n) is 19.1. The zero-order valence-corrected chi connectivity index (χ0v) is 19.1. The van der Waals surface area contributed by atoms with E-state index in [9.17, 15) is 4.79 Å². The Morgan fingerprint density at radius 2 is 2.00 bits per heavy atom. The molecule has 2 atom stereocenters. The van der Waals surface area contributed by atoms with Crippen molar-refractivity contribution in [2.75, 3.05) is 19.6 Å². The summed E-state index contributed by atoms with van der Waals surface area (Å²) < 4.78 is 0. The third-order valence-corrected chi connectivity index (χ3v) is 7.23. The molecule has 3 aromatic rings. The maximum atomic E-state index is 13.5. The van der Waals surface area contributed by atoms with E-state index in [0.717, 1.165) is 47.7 Å². The normalized spacial score (nSPS) is 20.9. The monoisotopic (exact) mass is 416 g/mol. The van der Waals surface area contributed by atoms with Crippen LogP contribution in [0.25, 0.3) is 22.2 Å². The van der Waals surface area contributed by atoms with Crippen molar-refractivity contribution in [3.63, 3.8) is 0 Å². The number of fused-ring (bicyclic) bond motifs is 2. The number of hydrogen-bond acceptors (Lipinski definition) is 3. The van der Waals surface area contributed by atoms with Gasteiger partial charge in [-0.15, -0.1) is 0 Å². The molecule has 1 amide bonds. The molecule has 0 bridgehead atoms. The highest BCUT2D eigenvalue weighted by molar-refractivity contribution is 5.94. The number of benzene rings is 1. The van der Waals surface area contributed by atoms with E-state index >= 15 is 0 Å². The quantitative estimate of drug-likeness (QED) is 0.664. The molecular formula is C26H32N4O. The summed E-state index contributed by atoms with van der Waals surface area (Å²) in [6.45, 7) is 13.4. The summed E-state index contributed by atoms with van der Waals surface area (Å²) >= 11 is 0. The van der Waals surface area contributed by atoms with E-state index in [4.69, 9.17) is 0 Å². The van der Waals surface area contributed by atoms with Gasteiger partial charge in [0.15, 0.2) is 0 Å². The van der Waals surface area contributed by atoms with E-state index in [1.807, 2.05) is 13.1 Å². The van der Waals surface area contributed by atoms with E-state index in [2.05, 4.69) is 78.2 Å². The summed E-state index contributed by atoms with van der Waals surface area (Å²) in [6, 6.07) is 11.2. The number of amides is 1. The highest BCUT2D eigenvalue weighted by Crippen LogP contribution is 2.38. The highest BCUT2D eigenvalue weighted by atomic mass is 16.2. The number of nitrogens with one attached hydrogen (secondary N) is 2. The molecule has 2 N–H and O–H groups in total. The molecule has 1 aromatic carbocycles. The first kappa shape index (κ1) is 20.3. The number of pyridine rings is 1. The van der Waals surface area contributed by atoms with Crippen LogP contribution in [-0.4, -0.2) is 46.5 Å². The Labute approximate surface area is 184 Å². The Balaban J connectivity index is 1.56. The van der Waals surface area contributed by atoms with Gasteiger partial charge in [0.05, 0.1) is 11.1 Å². The predicted octanol–water partition coefficient (Wildman–Crippen LogP) is 4.37. The zero-order chi connectivity index (χ0) is 21.9. The SMILES string of the molecule is Cc1cc(-c2[nH]c3ccc(C(C)(C)C(=O)N4CC5CNC5C4)cc3c2C(C)C)ccn1. The number of aryl methyl sites for hydroxylation is 1. The average molecular weight is 417 g/mol. The van der Waals surface area contributed by atoms with Gasteiger partial charge in [0.2, 0.25) is 5.91 Å². The Kier molecular flexibility index (Phi) is 4.70. The fraction of sp³-hybridized carbons (Fsp3) is 0.462. The van der Waals surface area contributed by atoms with E-state index in [-0.39, 0.29) is 5.91 Å². The van der Waals surface area contributed by atoms with Crippen molar-refractivity contribution in [3.05, 3.63) is 53.3 Å². The smallest absolute Gasteiger partial charge is 0.232 e. The summed E-state index contributed by atoms with van der Waals surface area (Å²) in [5.41, 5.74) is 6.25. The second-order valence-electron chi connectivity index (χ2n) is 10.1. The Morgan fingerprint density at radius 1 is 1.19 bits per heavy atom. The summed E-state index contributed by atoms with van der Waals surface area (Å²) in [4.78, 5) is 23.5. The molecule has 2 unspecified atom stereocenters. The van der Waals surface area contributed by atoms with Crippen LogP contribution in [-0.2, 0) is 10.2 Å². The third kappa shape index (κ3) is 3.26. The van der Waals surface area contributed by atoms with E-state index in [1.54, 1.807) is 0 Å². The van der Waals surface area contributed by atoms with Gasteiger partial charge in [0.1, 0.15) is 0 Å². The molecule has 0 aliphatic carbocycles. The van der Waals surface area contributed by atoms with Crippen LogP contribution < -0.4 is 5.32 Å². The van der Waals surface area contributed by atoms with Gasteiger partial charge >= 0.3 is 0 Å². The number of carbonyl (C=O) groups excluding carboxylic acids is 1. The maximum absolute atomic E-state index is 13.5. The molecule has 0 spiro atoms. The van der Waals surface area contributed by atoms with Crippen molar-refractivity contribution in [1.82, 2.24) is 20.2 Å². The molecule has 162 valence electrons. The van der Waals surface area contributed by atoms with Crippen LogP contribution in [0.5, 0.6) is 0 Å². The van der Waals surface area contributed by atoms with Gasteiger partial charge in [-0.3, -0.25) is 9.78 Å². The second kappa shape index (κ2) is 7.20. The van der Waals surface area contributed by atoms with Crippen molar-refractivity contribution in [2.24, 2.45) is 5.92 Å². The van der Waals surface area contributed by atoms with Crippen molar-refractivity contribution < 1.29 is 4.79 Å². The molecule has 0 radical (unpaired) electrons. The van der Waals surface area contributed by atoms with Crippen LogP contribution in [0, 0.1) is 12.8 Å². The van der Waals surface area contributed by atoms with Gasteiger partial charge in [-0.1, -0.05) is 19.9 Å². The number of aromatic nitrogens is 2. The second-order valence-corrected chi connectivity index (χ2v) is 10.1. The molecule has 5 nitrogen and oxygen atoms in total. The minimum atomic E-state index is -0.559. The van der Waals surface area contributed by atoms with Gasteiger partial charge < -0.3 is 15.2 Å². The average Bonchev–Trinajstić information content (AvgIpc) is 3.24. The van der Waals surface area contributed by atoms with Crippen molar-refractivity contribution in [3.8, 4) is 11.3 Å². The lowest BCUT2D eigenvalue weighted by Gasteiger charge is -2.30. The molecule has 0 saturated carbocycles. The lowest BCUT2D eigenvalue weighted by molar-refractivity contribution is -0.135. The molecule has 5 rings (SSSR count). The summed E-state index contributed by atoms with van der Waals surface area (Å²) in [7, 11) is 0. The lowest BCUT2D eigenvalue weighted by atomic mass is 9.82. The highest BCUT2D eigenvalue weighted by Gasteiger charge is 2.44. The van der Waals surface area contributed by atoms with Gasteiger partial charge in [-0.25, -0.2) is 0 Å². The van der Waals surface area contributed by atoms with E-state index in [0.29, 0.717) is 17.9 Å². The first-order valence-corrected chi connectivity index (χ1v) is 11.4. The number of nitrogens with zero attached hydrogens (tertiary/aromatic N) is 2. The Hall–Kier alpha value is -2.66. The number of hydrogen-bond donors (Lipinski definition) is 2. The summed E-state index contributed by atoms with van der Waals surface area (Å²) in [6.07, 6.45) is 1.87. The minimum Gasteiger partial charge on any atom is -0.354 e. The molecule has 2 saturated heterocycles. The molecular weight excluding hydrogens is 384 g/mol. The molecule has 2 aliphatic rings. The third-order valence-electron chi connectivity index (χ3n) is 7.23. The van der Waals surface area contributed by atoms with Crippen LogP contribution in [0.2, 0.25) is 0 Å². The van der Waals surface area contributed by atoms with Crippen molar-refractivity contribution in [1.29, 1.82) is 0 Å². The first-order chi connectivity index (χ1) is 14.8. The molecule has 5 heteroatoms. The standard InChI is InChI=1S/C26H32N4O/c1-15(2)23-20-11-19(26(4,5)25(31)30-13-18-12-28-22(18)14-30)6-7-21(20)29-24(23)17-8-9-27-16(3)10-17/h6-11,15,18,22,28-29H,12-14H2,1-5H3. The number of carbonyl (C=O) groups is 1. The van der Waals surface area contributed by atoms with Crippen LogP contribution in [0.3, 0.4) is 0 Å². The number of aromatic amines is 1. The fourth-order valence-corrected chi connectivity index (χ4v) is 5.27. The fourth-order valence-electron chi connectivity index (χ4n) is 5.27. The van der Waals surface area contributed by atoms with E-state index < -0.39 is 5.41 Å². The molecule has 2 aliphatic heterocycles. The lowest BCUT2D eigenvalue weighted by Crippen LogP contribution is -2.51. The van der Waals surface area contributed by atoms with Crippen molar-refractivity contribution in [2.45, 2.75) is 52.0 Å². The molecule has 31 heavy (non-hydrogen) atoms. The Bertz CT molecular complexity index is 1150. The van der Waals surface area contributed by atoms with Gasteiger partial charge in [0, 0.05) is 60.0 Å². The predicted molar refractivity (Wildman–Crippen MR) is 125 cm³/mol. The van der Waals surface area contributed by atoms with Crippen LogP contribution in [0.15, 0.2) is 36.5 Å². The molecule has 2 aromatic heterocycles. The number of rotatable bonds is 4. The van der Waals surface area contributed by atoms with Crippen molar-refractivity contribution >= 4 is 16.8 Å². The van der Waals surface area contributed by atoms with Crippen LogP contribution in [0.1, 0.15) is 50.4 Å². The number of H-pyrrole nitrogens is 1. The van der Waals surface area contributed by atoms with E-state index in [1.165, 1.54) is 10.9 Å². The Morgan fingerprint density at radius 3 is 2.61 bits per heavy atom. The summed E-state index contributed by atoms with van der Waals surface area (Å²) in [5.74, 6) is 1.21. The van der Waals surface area contributed by atoms with Crippen LogP contribution >= 0.6 is 0 Å². The first-order valence-electron chi connectivity index (χ1n) is 11.4. The largest absolute Gasteiger partial charge is 0.354 e. The minimum absolute atomic E-state index is 0.231. The maximum Gasteiger partial charge on any atom is 0.232 e. The van der Waals surface area contributed by atoms with Gasteiger partial charge in [-0.2, -0.15) is 0 Å². The summed E-state index contributed by atoms with van der Waals surface area (Å²) in [5, 5.41) is 4.66. The number of likely N-dealkylation sites (tertiary alicyclic amines) is 1. The van der Waals surface area contributed by atoms with Gasteiger partial charge in [-0.05, 0) is 62.1 Å².